The zero-order valence-electron chi connectivity index (χ0n) is 9.08. The summed E-state index contributed by atoms with van der Waals surface area (Å²) in [4.78, 5) is 29.9. The first kappa shape index (κ1) is 13.6. The van der Waals surface area contributed by atoms with E-state index in [2.05, 4.69) is 0 Å². The van der Waals surface area contributed by atoms with E-state index in [-0.39, 0.29) is 12.6 Å². The van der Waals surface area contributed by atoms with Gasteiger partial charge < -0.3 is 14.9 Å². The molecule has 0 aromatic carbocycles. The average Bonchev–Trinajstić information content (AvgIpc) is 2.15. The zero-order chi connectivity index (χ0) is 12.2. The number of hydrogen-bond donors (Lipinski definition) is 3. The molecule has 1 rings (SSSR count). The van der Waals surface area contributed by atoms with Crippen LogP contribution in [-0.2, 0) is 9.36 Å². The maximum Gasteiger partial charge on any atom is 0.339 e. The Hall–Kier alpha value is -0.420. The summed E-state index contributed by atoms with van der Waals surface area (Å²) in [6.45, 7) is -0.296. The number of carboxylic acid groups (broad SMARTS) is 1. The quantitative estimate of drug-likeness (QED) is 0.626. The molecule has 0 radical (unpaired) electrons. The summed E-state index contributed by atoms with van der Waals surface area (Å²) in [5.41, 5.74) is 0. The highest BCUT2D eigenvalue weighted by atomic mass is 31.2. The molecule has 0 unspecified atom stereocenters. The molecule has 94 valence electrons. The van der Waals surface area contributed by atoms with Gasteiger partial charge in [-0.3, -0.25) is 14.3 Å². The Balaban J connectivity index is 2.61. The molecule has 1 fully saturated rings. The van der Waals surface area contributed by atoms with Gasteiger partial charge in [0.25, 0.3) is 0 Å². The third-order valence-corrected chi connectivity index (χ3v) is 3.53. The molecule has 0 aromatic rings. The fraction of sp³-hybridized carbons (Fsp3) is 0.889. The Morgan fingerprint density at radius 3 is 2.25 bits per heavy atom. The Labute approximate surface area is 94.4 Å². The van der Waals surface area contributed by atoms with E-state index in [1.165, 1.54) is 4.90 Å². The van der Waals surface area contributed by atoms with Gasteiger partial charge in [0.2, 0.25) is 0 Å². The molecule has 0 saturated heterocycles. The van der Waals surface area contributed by atoms with Crippen LogP contribution in [0, 0.1) is 0 Å². The molecule has 1 aliphatic rings. The summed E-state index contributed by atoms with van der Waals surface area (Å²) in [6, 6.07) is -0.00234. The molecule has 6 nitrogen and oxygen atoms in total. The van der Waals surface area contributed by atoms with Crippen molar-refractivity contribution >= 4 is 13.6 Å². The molecule has 7 heteroatoms. The number of carboxylic acids is 1. The summed E-state index contributed by atoms with van der Waals surface area (Å²) < 4.78 is 10.9. The van der Waals surface area contributed by atoms with Crippen LogP contribution < -0.4 is 0 Å². The van der Waals surface area contributed by atoms with Gasteiger partial charge in [-0.1, -0.05) is 19.3 Å². The highest BCUT2D eigenvalue weighted by Gasteiger charge is 2.28. The smallest absolute Gasteiger partial charge is 0.339 e. The van der Waals surface area contributed by atoms with Gasteiger partial charge in [-0.05, 0) is 12.8 Å². The van der Waals surface area contributed by atoms with Crippen LogP contribution in [0.15, 0.2) is 0 Å². The molecule has 0 bridgehead atoms. The first-order valence-electron chi connectivity index (χ1n) is 5.39. The topological polar surface area (TPSA) is 98.1 Å². The van der Waals surface area contributed by atoms with Gasteiger partial charge in [0.05, 0.1) is 6.54 Å². The van der Waals surface area contributed by atoms with E-state index in [1.807, 2.05) is 0 Å². The van der Waals surface area contributed by atoms with Crippen molar-refractivity contribution in [2.75, 3.05) is 12.8 Å². The van der Waals surface area contributed by atoms with E-state index in [0.29, 0.717) is 0 Å². The lowest BCUT2D eigenvalue weighted by Gasteiger charge is -2.33. The fourth-order valence-electron chi connectivity index (χ4n) is 2.15. The maximum atomic E-state index is 10.9. The number of carbonyl (C=O) groups is 1. The predicted octanol–water partition coefficient (Wildman–Crippen LogP) is 0.841. The van der Waals surface area contributed by atoms with E-state index >= 15 is 0 Å². The molecule has 16 heavy (non-hydrogen) atoms. The number of nitrogens with zero attached hydrogens (tertiary/aromatic N) is 1. The van der Waals surface area contributed by atoms with Gasteiger partial charge in [-0.25, -0.2) is 0 Å². The van der Waals surface area contributed by atoms with Crippen LogP contribution in [0.2, 0.25) is 0 Å². The Morgan fingerprint density at radius 1 is 1.25 bits per heavy atom. The lowest BCUT2D eigenvalue weighted by atomic mass is 9.94. The minimum atomic E-state index is -4.18. The summed E-state index contributed by atoms with van der Waals surface area (Å²) in [7, 11) is -4.18. The van der Waals surface area contributed by atoms with Crippen LogP contribution in [0.5, 0.6) is 0 Å². The summed E-state index contributed by atoms with van der Waals surface area (Å²) >= 11 is 0. The molecule has 1 saturated carbocycles. The first-order valence-corrected chi connectivity index (χ1v) is 7.18. The molecule has 0 aromatic heterocycles. The lowest BCUT2D eigenvalue weighted by Crippen LogP contribution is -2.40. The SMILES string of the molecule is O=C(O)CN(CP(=O)(O)O)C1CCCCC1. The van der Waals surface area contributed by atoms with Gasteiger partial charge in [0.1, 0.15) is 6.29 Å². The number of rotatable bonds is 5. The van der Waals surface area contributed by atoms with Crippen molar-refractivity contribution in [3.05, 3.63) is 0 Å². The Kier molecular flexibility index (Phi) is 4.92. The highest BCUT2D eigenvalue weighted by molar-refractivity contribution is 7.51. The summed E-state index contributed by atoms with van der Waals surface area (Å²) in [5, 5.41) is 8.72. The van der Waals surface area contributed by atoms with E-state index in [9.17, 15) is 9.36 Å². The second-order valence-electron chi connectivity index (χ2n) is 4.24. The lowest BCUT2D eigenvalue weighted by molar-refractivity contribution is -0.138. The second kappa shape index (κ2) is 5.77. The molecule has 0 heterocycles. The predicted molar refractivity (Wildman–Crippen MR) is 58.1 cm³/mol. The first-order chi connectivity index (χ1) is 7.38. The van der Waals surface area contributed by atoms with Crippen molar-refractivity contribution in [3.63, 3.8) is 0 Å². The molecule has 0 atom stereocenters. The van der Waals surface area contributed by atoms with Gasteiger partial charge >= 0.3 is 13.6 Å². The van der Waals surface area contributed by atoms with Crippen molar-refractivity contribution in [2.24, 2.45) is 0 Å². The molecular weight excluding hydrogens is 233 g/mol. The molecule has 1 aliphatic carbocycles. The molecule has 3 N–H and O–H groups in total. The number of aliphatic carboxylic acids is 1. The van der Waals surface area contributed by atoms with Gasteiger partial charge in [-0.15, -0.1) is 0 Å². The minimum absolute atomic E-state index is 0.00234. The molecule has 0 aliphatic heterocycles. The van der Waals surface area contributed by atoms with Crippen molar-refractivity contribution < 1.29 is 24.3 Å². The monoisotopic (exact) mass is 251 g/mol. The summed E-state index contributed by atoms with van der Waals surface area (Å²) in [5.74, 6) is -1.04. The van der Waals surface area contributed by atoms with Crippen molar-refractivity contribution in [1.29, 1.82) is 0 Å². The van der Waals surface area contributed by atoms with E-state index < -0.39 is 19.9 Å². The van der Waals surface area contributed by atoms with Gasteiger partial charge in [0.15, 0.2) is 0 Å². The van der Waals surface area contributed by atoms with Gasteiger partial charge in [-0.2, -0.15) is 0 Å². The second-order valence-corrected chi connectivity index (χ2v) is 5.85. The number of hydrogen-bond acceptors (Lipinski definition) is 3. The average molecular weight is 251 g/mol. The summed E-state index contributed by atoms with van der Waals surface area (Å²) in [6.07, 6.45) is 4.32. The third-order valence-electron chi connectivity index (χ3n) is 2.80. The van der Waals surface area contributed by atoms with E-state index in [0.717, 1.165) is 32.1 Å². The largest absolute Gasteiger partial charge is 0.480 e. The van der Waals surface area contributed by atoms with Crippen molar-refractivity contribution in [1.82, 2.24) is 4.90 Å². The third kappa shape index (κ3) is 5.07. The van der Waals surface area contributed by atoms with E-state index in [1.54, 1.807) is 0 Å². The van der Waals surface area contributed by atoms with Gasteiger partial charge in [0, 0.05) is 6.04 Å². The molecular formula is C9H18NO5P. The van der Waals surface area contributed by atoms with Crippen LogP contribution in [-0.4, -0.2) is 44.6 Å². The molecule has 0 spiro atoms. The van der Waals surface area contributed by atoms with Crippen molar-refractivity contribution in [2.45, 2.75) is 38.1 Å². The minimum Gasteiger partial charge on any atom is -0.480 e. The van der Waals surface area contributed by atoms with Crippen LogP contribution >= 0.6 is 7.60 Å². The normalized spacial score (nSPS) is 18.9. The van der Waals surface area contributed by atoms with Crippen LogP contribution in [0.25, 0.3) is 0 Å². The maximum absolute atomic E-state index is 10.9. The standard InChI is InChI=1S/C9H18NO5P/c11-9(12)6-10(7-16(13,14)15)8-4-2-1-3-5-8/h8H,1-7H2,(H,11,12)(H2,13,14,15). The Bertz CT molecular complexity index is 284. The fourth-order valence-corrected chi connectivity index (χ4v) is 2.96. The van der Waals surface area contributed by atoms with Crippen LogP contribution in [0.1, 0.15) is 32.1 Å². The highest BCUT2D eigenvalue weighted by Crippen LogP contribution is 2.37. The Morgan fingerprint density at radius 2 is 1.81 bits per heavy atom. The van der Waals surface area contributed by atoms with E-state index in [4.69, 9.17) is 14.9 Å². The van der Waals surface area contributed by atoms with Crippen LogP contribution in [0.4, 0.5) is 0 Å². The zero-order valence-corrected chi connectivity index (χ0v) is 9.97. The van der Waals surface area contributed by atoms with Crippen LogP contribution in [0.3, 0.4) is 0 Å². The molecule has 0 amide bonds. The van der Waals surface area contributed by atoms with Crippen molar-refractivity contribution in [3.8, 4) is 0 Å².